The fourth-order valence-electron chi connectivity index (χ4n) is 3.48. The van der Waals surface area contributed by atoms with Crippen LogP contribution in [0.15, 0.2) is 46.2 Å². The second-order valence-electron chi connectivity index (χ2n) is 8.49. The van der Waals surface area contributed by atoms with Crippen LogP contribution >= 0.6 is 11.3 Å². The van der Waals surface area contributed by atoms with Crippen LogP contribution < -0.4 is 0 Å². The van der Waals surface area contributed by atoms with Crippen LogP contribution in [0.1, 0.15) is 52.3 Å². The highest BCUT2D eigenvalue weighted by Gasteiger charge is 2.28. The zero-order valence-corrected chi connectivity index (χ0v) is 19.0. The van der Waals surface area contributed by atoms with Gasteiger partial charge in [0.1, 0.15) is 11.2 Å². The molecule has 1 aromatic carbocycles. The molecule has 4 rings (SSSR count). The number of hydrogen-bond acceptors (Lipinski definition) is 6. The van der Waals surface area contributed by atoms with Crippen molar-refractivity contribution >= 4 is 34.1 Å². The molecular formula is C24H24N2O4S. The second-order valence-corrected chi connectivity index (χ2v) is 9.46. The number of nitrogens with zero attached hydrogens (tertiary/aromatic N) is 2. The van der Waals surface area contributed by atoms with Crippen molar-refractivity contribution < 1.29 is 18.7 Å². The first-order valence-electron chi connectivity index (χ1n) is 9.99. The third kappa shape index (κ3) is 4.32. The predicted octanol–water partition coefficient (Wildman–Crippen LogP) is 5.58. The number of carbonyl (C=O) groups excluding carboxylic acids is 2. The molecule has 0 unspecified atom stereocenters. The number of aromatic nitrogens is 2. The summed E-state index contributed by atoms with van der Waals surface area (Å²) >= 11 is 1.37. The number of hydrogen-bond donors (Lipinski definition) is 0. The van der Waals surface area contributed by atoms with Crippen molar-refractivity contribution in [3.63, 3.8) is 0 Å². The van der Waals surface area contributed by atoms with Crippen LogP contribution in [0.4, 0.5) is 0 Å². The van der Waals surface area contributed by atoms with Crippen LogP contribution in [0.3, 0.4) is 0 Å². The topological polar surface area (TPSA) is 74.3 Å². The van der Waals surface area contributed by atoms with Gasteiger partial charge in [-0.25, -0.2) is 4.79 Å². The number of esters is 1. The molecule has 0 saturated carbocycles. The van der Waals surface area contributed by atoms with Crippen molar-refractivity contribution in [2.45, 2.75) is 39.7 Å². The average molecular weight is 437 g/mol. The number of ether oxygens (including phenoxy) is 1. The van der Waals surface area contributed by atoms with E-state index < -0.39 is 11.6 Å². The Morgan fingerprint density at radius 1 is 1.19 bits per heavy atom. The van der Waals surface area contributed by atoms with Crippen molar-refractivity contribution in [3.05, 3.63) is 63.7 Å². The van der Waals surface area contributed by atoms with Gasteiger partial charge in [0, 0.05) is 34.7 Å². The van der Waals surface area contributed by atoms with Crippen LogP contribution in [0, 0.1) is 6.92 Å². The van der Waals surface area contributed by atoms with Gasteiger partial charge < -0.3 is 9.15 Å². The number of benzene rings is 1. The average Bonchev–Trinajstić information content (AvgIpc) is 3.36. The minimum Gasteiger partial charge on any atom is -0.456 e. The van der Waals surface area contributed by atoms with E-state index in [0.29, 0.717) is 16.0 Å². The Kier molecular flexibility index (Phi) is 5.31. The molecule has 0 bridgehead atoms. The second kappa shape index (κ2) is 7.81. The smallest absolute Gasteiger partial charge is 0.340 e. The molecular weight excluding hydrogens is 412 g/mol. The summed E-state index contributed by atoms with van der Waals surface area (Å²) < 4.78 is 13.1. The summed E-state index contributed by atoms with van der Waals surface area (Å²) in [6, 6.07) is 11.1. The molecule has 0 radical (unpaired) electrons. The Bertz CT molecular complexity index is 1250. The van der Waals surface area contributed by atoms with Gasteiger partial charge in [-0.1, -0.05) is 18.2 Å². The third-order valence-corrected chi connectivity index (χ3v) is 5.76. The van der Waals surface area contributed by atoms with Gasteiger partial charge in [-0.15, -0.1) is 11.3 Å². The lowest BCUT2D eigenvalue weighted by Gasteiger charge is -2.20. The highest BCUT2D eigenvalue weighted by Crippen LogP contribution is 2.34. The molecule has 0 saturated heterocycles. The minimum absolute atomic E-state index is 0.0515. The highest BCUT2D eigenvalue weighted by molar-refractivity contribution is 7.11. The summed E-state index contributed by atoms with van der Waals surface area (Å²) in [5.74, 6) is -0.353. The molecule has 0 spiro atoms. The Morgan fingerprint density at radius 2 is 1.94 bits per heavy atom. The quantitative estimate of drug-likeness (QED) is 0.301. The SMILES string of the molecule is Cc1cc(-c2csc(CC(=O)c3cc4ccccc4o3)c2C(=O)OC(C)(C)C)n(C)n1. The Balaban J connectivity index is 1.73. The number of aryl methyl sites for hydroxylation is 2. The molecule has 4 aromatic rings. The number of furan rings is 1. The Morgan fingerprint density at radius 3 is 2.58 bits per heavy atom. The van der Waals surface area contributed by atoms with Crippen molar-refractivity contribution in [2.75, 3.05) is 0 Å². The molecule has 3 heterocycles. The molecule has 0 aliphatic rings. The van der Waals surface area contributed by atoms with Gasteiger partial charge in [0.05, 0.1) is 17.0 Å². The van der Waals surface area contributed by atoms with Crippen molar-refractivity contribution in [2.24, 2.45) is 7.05 Å². The van der Waals surface area contributed by atoms with E-state index in [4.69, 9.17) is 9.15 Å². The van der Waals surface area contributed by atoms with Crippen LogP contribution in [0.25, 0.3) is 22.2 Å². The summed E-state index contributed by atoms with van der Waals surface area (Å²) in [5, 5.41) is 7.15. The third-order valence-electron chi connectivity index (χ3n) is 4.77. The zero-order chi connectivity index (χ0) is 22.3. The zero-order valence-electron chi connectivity index (χ0n) is 18.2. The number of rotatable bonds is 5. The maximum Gasteiger partial charge on any atom is 0.340 e. The van der Waals surface area contributed by atoms with Crippen LogP contribution in [-0.2, 0) is 18.2 Å². The van der Waals surface area contributed by atoms with Crippen molar-refractivity contribution in [1.82, 2.24) is 9.78 Å². The molecule has 0 aliphatic carbocycles. The van der Waals surface area contributed by atoms with Gasteiger partial charge in [0.15, 0.2) is 5.76 Å². The molecule has 0 atom stereocenters. The number of carbonyl (C=O) groups is 2. The van der Waals surface area contributed by atoms with Gasteiger partial charge in [-0.05, 0) is 45.9 Å². The molecule has 31 heavy (non-hydrogen) atoms. The fourth-order valence-corrected chi connectivity index (χ4v) is 4.51. The van der Waals surface area contributed by atoms with E-state index in [1.807, 2.05) is 70.5 Å². The van der Waals surface area contributed by atoms with Crippen molar-refractivity contribution in [1.29, 1.82) is 0 Å². The molecule has 0 aliphatic heterocycles. The largest absolute Gasteiger partial charge is 0.456 e. The number of thiophene rings is 1. The summed E-state index contributed by atoms with van der Waals surface area (Å²) in [5.41, 5.74) is 2.78. The summed E-state index contributed by atoms with van der Waals surface area (Å²) in [7, 11) is 1.83. The van der Waals surface area contributed by atoms with Crippen LogP contribution in [0.5, 0.6) is 0 Å². The highest BCUT2D eigenvalue weighted by atomic mass is 32.1. The van der Waals surface area contributed by atoms with Gasteiger partial charge in [0.2, 0.25) is 5.78 Å². The van der Waals surface area contributed by atoms with Crippen LogP contribution in [0.2, 0.25) is 0 Å². The molecule has 6 nitrogen and oxygen atoms in total. The van der Waals surface area contributed by atoms with E-state index in [9.17, 15) is 9.59 Å². The summed E-state index contributed by atoms with van der Waals surface area (Å²) in [4.78, 5) is 26.8. The van der Waals surface area contributed by atoms with Gasteiger partial charge in [0.25, 0.3) is 0 Å². The molecule has 0 amide bonds. The first kappa shape index (κ1) is 21.1. The number of para-hydroxylation sites is 1. The van der Waals surface area contributed by atoms with E-state index in [1.54, 1.807) is 10.7 Å². The minimum atomic E-state index is -0.654. The lowest BCUT2D eigenvalue weighted by molar-refractivity contribution is 0.00701. The van der Waals surface area contributed by atoms with Crippen LogP contribution in [-0.4, -0.2) is 27.1 Å². The number of fused-ring (bicyclic) bond motifs is 1. The lowest BCUT2D eigenvalue weighted by atomic mass is 10.0. The normalized spacial score (nSPS) is 11.8. The van der Waals surface area contributed by atoms with E-state index in [-0.39, 0.29) is 18.0 Å². The van der Waals surface area contributed by atoms with Gasteiger partial charge >= 0.3 is 5.97 Å². The maximum absolute atomic E-state index is 13.1. The van der Waals surface area contributed by atoms with Gasteiger partial charge in [-0.3, -0.25) is 9.48 Å². The molecule has 0 fully saturated rings. The van der Waals surface area contributed by atoms with E-state index in [1.165, 1.54) is 11.3 Å². The van der Waals surface area contributed by atoms with E-state index in [0.717, 1.165) is 22.3 Å². The standard InChI is InChI=1S/C24H24N2O4S/c1-14-10-17(26(5)25-14)16-13-31-21(22(16)23(28)30-24(2,3)4)12-18(27)20-11-15-8-6-7-9-19(15)29-20/h6-11,13H,12H2,1-5H3. The number of ketones is 1. The van der Waals surface area contributed by atoms with Crippen molar-refractivity contribution in [3.8, 4) is 11.3 Å². The van der Waals surface area contributed by atoms with Gasteiger partial charge in [-0.2, -0.15) is 5.10 Å². The lowest BCUT2D eigenvalue weighted by Crippen LogP contribution is -2.24. The molecule has 0 N–H and O–H groups in total. The number of Topliss-reactive ketones (excluding diaryl/α,β-unsaturated/α-hetero) is 1. The summed E-state index contributed by atoms with van der Waals surface area (Å²) in [6.07, 6.45) is 0.0515. The Labute approximate surface area is 184 Å². The first-order chi connectivity index (χ1) is 14.6. The summed E-state index contributed by atoms with van der Waals surface area (Å²) in [6.45, 7) is 7.37. The first-order valence-corrected chi connectivity index (χ1v) is 10.9. The Hall–Kier alpha value is -3.19. The fraction of sp³-hybridized carbons (Fsp3) is 0.292. The molecule has 3 aromatic heterocycles. The van der Waals surface area contributed by atoms with E-state index >= 15 is 0 Å². The maximum atomic E-state index is 13.1. The monoisotopic (exact) mass is 436 g/mol. The predicted molar refractivity (Wildman–Crippen MR) is 121 cm³/mol. The molecule has 160 valence electrons. The van der Waals surface area contributed by atoms with E-state index in [2.05, 4.69) is 5.10 Å². The molecule has 7 heteroatoms.